The maximum Gasteiger partial charge on any atom is 0.134 e. The third-order valence-electron chi connectivity index (χ3n) is 2.72. The fraction of sp³-hybridized carbons (Fsp3) is 0.267. The number of rotatable bonds is 4. The van der Waals surface area contributed by atoms with Gasteiger partial charge >= 0.3 is 0 Å². The van der Waals surface area contributed by atoms with E-state index in [4.69, 9.17) is 4.74 Å². The van der Waals surface area contributed by atoms with Gasteiger partial charge in [0.25, 0.3) is 0 Å². The lowest BCUT2D eigenvalue weighted by Gasteiger charge is -2.11. The fourth-order valence-electron chi connectivity index (χ4n) is 1.63. The second-order valence-electron chi connectivity index (χ2n) is 4.45. The molecule has 1 heterocycles. The van der Waals surface area contributed by atoms with Gasteiger partial charge in [-0.05, 0) is 51.7 Å². The zero-order chi connectivity index (χ0) is 13.0. The van der Waals surface area contributed by atoms with Crippen molar-refractivity contribution in [3.05, 3.63) is 58.3 Å². The Morgan fingerprint density at radius 3 is 2.67 bits per heavy atom. The van der Waals surface area contributed by atoms with E-state index in [1.807, 2.05) is 24.3 Å². The maximum absolute atomic E-state index is 5.75. The molecule has 2 aromatic rings. The van der Waals surface area contributed by atoms with Crippen LogP contribution in [0.4, 0.5) is 0 Å². The summed E-state index contributed by atoms with van der Waals surface area (Å²) in [7, 11) is 0. The van der Waals surface area contributed by atoms with Crippen LogP contribution in [-0.4, -0.2) is 4.98 Å². The molecule has 0 spiro atoms. The topological polar surface area (TPSA) is 22.1 Å². The summed E-state index contributed by atoms with van der Waals surface area (Å²) in [6, 6.07) is 12.0. The summed E-state index contributed by atoms with van der Waals surface area (Å²) in [5.74, 6) is 1.37. The lowest BCUT2D eigenvalue weighted by atomic mass is 10.0. The molecule has 0 aliphatic carbocycles. The molecule has 2 nitrogen and oxygen atoms in total. The first kappa shape index (κ1) is 13.1. The molecule has 0 bridgehead atoms. The van der Waals surface area contributed by atoms with Gasteiger partial charge in [-0.2, -0.15) is 0 Å². The third-order valence-corrected chi connectivity index (χ3v) is 3.34. The van der Waals surface area contributed by atoms with Crippen LogP contribution >= 0.6 is 15.9 Å². The van der Waals surface area contributed by atoms with Crippen molar-refractivity contribution >= 4 is 15.9 Å². The molecule has 0 amide bonds. The Hall–Kier alpha value is -1.35. The number of nitrogens with zero attached hydrogens (tertiary/aromatic N) is 1. The van der Waals surface area contributed by atoms with Crippen molar-refractivity contribution in [3.8, 4) is 5.75 Å². The molecule has 3 heteroatoms. The molecule has 0 unspecified atom stereocenters. The van der Waals surface area contributed by atoms with Crippen LogP contribution in [-0.2, 0) is 6.61 Å². The Morgan fingerprint density at radius 1 is 1.22 bits per heavy atom. The number of aromatic nitrogens is 1. The van der Waals surface area contributed by atoms with Crippen molar-refractivity contribution in [2.24, 2.45) is 0 Å². The normalized spacial score (nSPS) is 10.7. The molecule has 18 heavy (non-hydrogen) atoms. The molecule has 0 aliphatic rings. The average molecular weight is 306 g/mol. The molecule has 94 valence electrons. The number of pyridine rings is 1. The van der Waals surface area contributed by atoms with E-state index in [1.54, 1.807) is 6.20 Å². The minimum Gasteiger partial charge on any atom is -0.486 e. The van der Waals surface area contributed by atoms with E-state index in [0.29, 0.717) is 12.5 Å². The fourth-order valence-corrected chi connectivity index (χ4v) is 2.14. The molecule has 0 aliphatic heterocycles. The molecule has 0 N–H and O–H groups in total. The van der Waals surface area contributed by atoms with Crippen molar-refractivity contribution < 1.29 is 4.74 Å². The third kappa shape index (κ3) is 3.33. The van der Waals surface area contributed by atoms with Gasteiger partial charge in [-0.1, -0.05) is 26.0 Å². The molecule has 0 fully saturated rings. The predicted molar refractivity (Wildman–Crippen MR) is 76.8 cm³/mol. The summed E-state index contributed by atoms with van der Waals surface area (Å²) in [5.41, 5.74) is 2.23. The summed E-state index contributed by atoms with van der Waals surface area (Å²) in [5, 5.41) is 0. The second-order valence-corrected chi connectivity index (χ2v) is 5.31. The summed E-state index contributed by atoms with van der Waals surface area (Å²) >= 11 is 3.54. The van der Waals surface area contributed by atoms with Crippen molar-refractivity contribution in [2.45, 2.75) is 26.4 Å². The average Bonchev–Trinajstić information content (AvgIpc) is 2.38. The van der Waals surface area contributed by atoms with E-state index in [2.05, 4.69) is 46.9 Å². The smallest absolute Gasteiger partial charge is 0.134 e. The molecule has 0 atom stereocenters. The van der Waals surface area contributed by atoms with Crippen molar-refractivity contribution in [1.82, 2.24) is 4.98 Å². The van der Waals surface area contributed by atoms with Gasteiger partial charge in [0.2, 0.25) is 0 Å². The van der Waals surface area contributed by atoms with Crippen LogP contribution in [0.5, 0.6) is 5.75 Å². The second kappa shape index (κ2) is 6.01. The first-order valence-electron chi connectivity index (χ1n) is 5.99. The number of hydrogen-bond donors (Lipinski definition) is 0. The van der Waals surface area contributed by atoms with Gasteiger partial charge in [0, 0.05) is 6.20 Å². The monoisotopic (exact) mass is 305 g/mol. The highest BCUT2D eigenvalue weighted by Gasteiger charge is 2.05. The largest absolute Gasteiger partial charge is 0.486 e. The van der Waals surface area contributed by atoms with Crippen LogP contribution in [0.1, 0.15) is 31.0 Å². The number of benzene rings is 1. The SMILES string of the molecule is CC(C)c1ccc(OCc2ccccn2)c(Br)c1. The lowest BCUT2D eigenvalue weighted by molar-refractivity contribution is 0.299. The van der Waals surface area contributed by atoms with E-state index >= 15 is 0 Å². The van der Waals surface area contributed by atoms with E-state index in [-0.39, 0.29) is 0 Å². The zero-order valence-corrected chi connectivity index (χ0v) is 12.1. The standard InChI is InChI=1S/C15H16BrNO/c1-11(2)12-6-7-15(14(16)9-12)18-10-13-5-3-4-8-17-13/h3-9,11H,10H2,1-2H3. The van der Waals surface area contributed by atoms with Crippen LogP contribution < -0.4 is 4.74 Å². The van der Waals surface area contributed by atoms with Gasteiger partial charge in [0.15, 0.2) is 0 Å². The Kier molecular flexibility index (Phi) is 4.37. The quantitative estimate of drug-likeness (QED) is 0.827. The molecule has 2 rings (SSSR count). The minimum absolute atomic E-state index is 0.487. The van der Waals surface area contributed by atoms with Crippen LogP contribution in [0.2, 0.25) is 0 Å². The minimum atomic E-state index is 0.487. The van der Waals surface area contributed by atoms with Crippen LogP contribution in [0.3, 0.4) is 0 Å². The van der Waals surface area contributed by atoms with Gasteiger partial charge in [0.1, 0.15) is 12.4 Å². The van der Waals surface area contributed by atoms with Gasteiger partial charge in [-0.25, -0.2) is 0 Å². The van der Waals surface area contributed by atoms with Gasteiger partial charge in [0.05, 0.1) is 10.2 Å². The van der Waals surface area contributed by atoms with E-state index in [1.165, 1.54) is 5.56 Å². The van der Waals surface area contributed by atoms with Crippen LogP contribution in [0.15, 0.2) is 47.1 Å². The molecule has 0 saturated heterocycles. The highest BCUT2D eigenvalue weighted by atomic mass is 79.9. The molecule has 0 saturated carbocycles. The van der Waals surface area contributed by atoms with Crippen LogP contribution in [0.25, 0.3) is 0 Å². The van der Waals surface area contributed by atoms with Gasteiger partial charge in [-0.3, -0.25) is 4.98 Å². The lowest BCUT2D eigenvalue weighted by Crippen LogP contribution is -1.98. The number of hydrogen-bond acceptors (Lipinski definition) is 2. The first-order chi connectivity index (χ1) is 8.66. The highest BCUT2D eigenvalue weighted by Crippen LogP contribution is 2.29. The van der Waals surface area contributed by atoms with E-state index < -0.39 is 0 Å². The summed E-state index contributed by atoms with van der Waals surface area (Å²) in [6.45, 7) is 4.84. The molecule has 0 radical (unpaired) electrons. The molecular weight excluding hydrogens is 290 g/mol. The Balaban J connectivity index is 2.06. The Bertz CT molecular complexity index is 511. The first-order valence-corrected chi connectivity index (χ1v) is 6.78. The summed E-state index contributed by atoms with van der Waals surface area (Å²) < 4.78 is 6.74. The van der Waals surface area contributed by atoms with E-state index in [0.717, 1.165) is 15.9 Å². The van der Waals surface area contributed by atoms with E-state index in [9.17, 15) is 0 Å². The summed E-state index contributed by atoms with van der Waals surface area (Å²) in [6.07, 6.45) is 1.77. The predicted octanol–water partition coefficient (Wildman–Crippen LogP) is 4.55. The molecular formula is C15H16BrNO. The maximum atomic E-state index is 5.75. The number of ether oxygens (including phenoxy) is 1. The molecule has 1 aromatic heterocycles. The zero-order valence-electron chi connectivity index (χ0n) is 10.6. The molecule has 1 aromatic carbocycles. The Morgan fingerprint density at radius 2 is 2.06 bits per heavy atom. The summed E-state index contributed by atoms with van der Waals surface area (Å²) in [4.78, 5) is 4.23. The number of halogens is 1. The van der Waals surface area contributed by atoms with Crippen molar-refractivity contribution in [1.29, 1.82) is 0 Å². The van der Waals surface area contributed by atoms with Crippen LogP contribution in [0, 0.1) is 0 Å². The van der Waals surface area contributed by atoms with Crippen molar-refractivity contribution in [3.63, 3.8) is 0 Å². The van der Waals surface area contributed by atoms with Gasteiger partial charge < -0.3 is 4.74 Å². The highest BCUT2D eigenvalue weighted by molar-refractivity contribution is 9.10. The van der Waals surface area contributed by atoms with Gasteiger partial charge in [-0.15, -0.1) is 0 Å². The Labute approximate surface area is 116 Å². The van der Waals surface area contributed by atoms with Crippen molar-refractivity contribution in [2.75, 3.05) is 0 Å².